The van der Waals surface area contributed by atoms with Gasteiger partial charge in [0.05, 0.1) is 23.3 Å². The molecule has 0 bridgehead atoms. The lowest BCUT2D eigenvalue weighted by Gasteiger charge is -2.38. The third-order valence-corrected chi connectivity index (χ3v) is 7.46. The average Bonchev–Trinajstić information content (AvgIpc) is 2.86. The molecule has 0 spiro atoms. The number of hydrogen-bond donors (Lipinski definition) is 1. The van der Waals surface area contributed by atoms with Gasteiger partial charge in [0.1, 0.15) is 0 Å². The Kier molecular flexibility index (Phi) is 3.95. The van der Waals surface area contributed by atoms with Crippen molar-refractivity contribution in [2.75, 3.05) is 37.7 Å². The van der Waals surface area contributed by atoms with Crippen molar-refractivity contribution < 1.29 is 23.1 Å². The maximum Gasteiger partial charge on any atom is 0.307 e. The van der Waals surface area contributed by atoms with Gasteiger partial charge < -0.3 is 10.0 Å². The third-order valence-electron chi connectivity index (χ3n) is 5.71. The van der Waals surface area contributed by atoms with E-state index in [0.717, 1.165) is 0 Å². The second-order valence-electron chi connectivity index (χ2n) is 7.53. The Balaban J connectivity index is 1.56. The van der Waals surface area contributed by atoms with E-state index in [-0.39, 0.29) is 23.5 Å². The first kappa shape index (κ1) is 16.7. The number of nitrogens with zero attached hydrogens (tertiary/aromatic N) is 2. The molecule has 0 unspecified atom stereocenters. The number of carbonyl (C=O) groups excluding carboxylic acids is 1. The van der Waals surface area contributed by atoms with E-state index in [1.807, 2.05) is 13.8 Å². The van der Waals surface area contributed by atoms with Gasteiger partial charge in [-0.05, 0) is 11.8 Å². The summed E-state index contributed by atoms with van der Waals surface area (Å²) < 4.78 is 23.2. The normalized spacial score (nSPS) is 35.9. The van der Waals surface area contributed by atoms with Gasteiger partial charge >= 0.3 is 5.97 Å². The van der Waals surface area contributed by atoms with Crippen LogP contribution in [-0.4, -0.2) is 78.9 Å². The number of carbonyl (C=O) groups is 2. The Hall–Kier alpha value is -1.15. The molecule has 0 aromatic rings. The van der Waals surface area contributed by atoms with Crippen molar-refractivity contribution >= 4 is 21.7 Å². The summed E-state index contributed by atoms with van der Waals surface area (Å²) in [6, 6.07) is 0.0707. The highest BCUT2D eigenvalue weighted by Gasteiger charge is 2.66. The van der Waals surface area contributed by atoms with Crippen LogP contribution in [0.3, 0.4) is 0 Å². The first-order valence-corrected chi connectivity index (χ1v) is 9.92. The SMILES string of the molecule is CC1(C)[C@H](C(=O)O)[C@H]1C(=O)N1CCN([C@H]2CCS(=O)(=O)C2)CC1. The average molecular weight is 344 g/mol. The molecule has 7 nitrogen and oxygen atoms in total. The van der Waals surface area contributed by atoms with E-state index in [4.69, 9.17) is 0 Å². The zero-order valence-electron chi connectivity index (χ0n) is 13.6. The fraction of sp³-hybridized carbons (Fsp3) is 0.867. The first-order valence-electron chi connectivity index (χ1n) is 8.09. The summed E-state index contributed by atoms with van der Waals surface area (Å²) in [5.74, 6) is -1.51. The summed E-state index contributed by atoms with van der Waals surface area (Å²) >= 11 is 0. The monoisotopic (exact) mass is 344 g/mol. The number of sulfone groups is 1. The van der Waals surface area contributed by atoms with E-state index >= 15 is 0 Å². The largest absolute Gasteiger partial charge is 0.481 e. The molecule has 1 amide bonds. The van der Waals surface area contributed by atoms with Crippen molar-refractivity contribution in [3.05, 3.63) is 0 Å². The van der Waals surface area contributed by atoms with Crippen molar-refractivity contribution in [3.8, 4) is 0 Å². The van der Waals surface area contributed by atoms with E-state index in [9.17, 15) is 23.1 Å². The second-order valence-corrected chi connectivity index (χ2v) is 9.76. The molecule has 2 saturated heterocycles. The first-order chi connectivity index (χ1) is 10.6. The summed E-state index contributed by atoms with van der Waals surface area (Å²) in [5.41, 5.74) is -0.473. The van der Waals surface area contributed by atoms with E-state index in [1.165, 1.54) is 0 Å². The molecule has 3 atom stereocenters. The topological polar surface area (TPSA) is 95.0 Å². The van der Waals surface area contributed by atoms with Gasteiger partial charge in [0.2, 0.25) is 5.91 Å². The van der Waals surface area contributed by atoms with E-state index in [0.29, 0.717) is 32.6 Å². The summed E-state index contributed by atoms with van der Waals surface area (Å²) in [4.78, 5) is 27.7. The van der Waals surface area contributed by atoms with Gasteiger partial charge in [0.15, 0.2) is 9.84 Å². The van der Waals surface area contributed by atoms with Gasteiger partial charge in [-0.2, -0.15) is 0 Å². The zero-order valence-corrected chi connectivity index (χ0v) is 14.4. The lowest BCUT2D eigenvalue weighted by atomic mass is 10.1. The quantitative estimate of drug-likeness (QED) is 0.754. The summed E-state index contributed by atoms with van der Waals surface area (Å²) in [6.45, 7) is 6.08. The number of carboxylic acid groups (broad SMARTS) is 1. The van der Waals surface area contributed by atoms with Crippen LogP contribution < -0.4 is 0 Å². The molecule has 3 fully saturated rings. The van der Waals surface area contributed by atoms with E-state index in [1.54, 1.807) is 4.90 Å². The molecule has 2 heterocycles. The number of aliphatic carboxylic acids is 1. The minimum atomic E-state index is -2.90. The molecule has 1 aliphatic carbocycles. The smallest absolute Gasteiger partial charge is 0.307 e. The molecule has 1 N–H and O–H groups in total. The molecule has 1 saturated carbocycles. The van der Waals surface area contributed by atoms with Crippen molar-refractivity contribution in [1.82, 2.24) is 9.80 Å². The van der Waals surface area contributed by atoms with E-state index < -0.39 is 33.1 Å². The summed E-state index contributed by atoms with van der Waals surface area (Å²) in [7, 11) is -2.90. The van der Waals surface area contributed by atoms with Crippen LogP contribution >= 0.6 is 0 Å². The molecule has 2 aliphatic heterocycles. The van der Waals surface area contributed by atoms with Crippen molar-refractivity contribution in [3.63, 3.8) is 0 Å². The zero-order chi connectivity index (χ0) is 17.0. The number of amides is 1. The Bertz CT molecular complexity index is 622. The Morgan fingerprint density at radius 3 is 2.13 bits per heavy atom. The molecule has 0 aromatic heterocycles. The van der Waals surface area contributed by atoms with Crippen LogP contribution in [0.15, 0.2) is 0 Å². The number of rotatable bonds is 3. The maximum atomic E-state index is 12.6. The highest BCUT2D eigenvalue weighted by molar-refractivity contribution is 7.91. The fourth-order valence-corrected chi connectivity index (χ4v) is 5.89. The second kappa shape index (κ2) is 5.44. The lowest BCUT2D eigenvalue weighted by Crippen LogP contribution is -2.52. The molecular weight excluding hydrogens is 320 g/mol. The van der Waals surface area contributed by atoms with Crippen LogP contribution in [0.4, 0.5) is 0 Å². The predicted molar refractivity (Wildman–Crippen MR) is 83.6 cm³/mol. The number of piperazine rings is 1. The fourth-order valence-electron chi connectivity index (χ4n) is 4.13. The maximum absolute atomic E-state index is 12.6. The summed E-state index contributed by atoms with van der Waals surface area (Å²) in [5, 5.41) is 9.21. The van der Waals surface area contributed by atoms with Crippen LogP contribution in [0, 0.1) is 17.3 Å². The van der Waals surface area contributed by atoms with Gasteiger partial charge in [-0.25, -0.2) is 8.42 Å². The molecule has 8 heteroatoms. The van der Waals surface area contributed by atoms with Crippen molar-refractivity contribution in [1.29, 1.82) is 0 Å². The molecule has 3 aliphatic rings. The molecule has 0 aromatic carbocycles. The van der Waals surface area contributed by atoms with Crippen LogP contribution in [0.1, 0.15) is 20.3 Å². The minimum Gasteiger partial charge on any atom is -0.481 e. The van der Waals surface area contributed by atoms with Crippen molar-refractivity contribution in [2.24, 2.45) is 17.3 Å². The predicted octanol–water partition coefficient (Wildman–Crippen LogP) is -0.325. The Morgan fingerprint density at radius 2 is 1.70 bits per heavy atom. The summed E-state index contributed by atoms with van der Waals surface area (Å²) in [6.07, 6.45) is 0.674. The Morgan fingerprint density at radius 1 is 1.09 bits per heavy atom. The van der Waals surface area contributed by atoms with Gasteiger partial charge in [0, 0.05) is 32.2 Å². The van der Waals surface area contributed by atoms with Crippen LogP contribution in [0.25, 0.3) is 0 Å². The van der Waals surface area contributed by atoms with Crippen LogP contribution in [0.5, 0.6) is 0 Å². The van der Waals surface area contributed by atoms with Crippen LogP contribution in [-0.2, 0) is 19.4 Å². The molecule has 130 valence electrons. The van der Waals surface area contributed by atoms with Crippen LogP contribution in [0.2, 0.25) is 0 Å². The highest BCUT2D eigenvalue weighted by atomic mass is 32.2. The van der Waals surface area contributed by atoms with Gasteiger partial charge in [-0.15, -0.1) is 0 Å². The standard InChI is InChI=1S/C15H24N2O5S/c1-15(2)11(12(15)14(19)20)13(18)17-6-4-16(5-7-17)10-3-8-23(21,22)9-10/h10-12H,3-9H2,1-2H3,(H,19,20)/t10-,11-,12-/m0/s1. The highest BCUT2D eigenvalue weighted by Crippen LogP contribution is 2.59. The van der Waals surface area contributed by atoms with Gasteiger partial charge in [0.25, 0.3) is 0 Å². The lowest BCUT2D eigenvalue weighted by molar-refractivity contribution is -0.142. The molecule has 23 heavy (non-hydrogen) atoms. The van der Waals surface area contributed by atoms with Gasteiger partial charge in [-0.3, -0.25) is 14.5 Å². The number of carboxylic acids is 1. The molecular formula is C15H24N2O5S. The third kappa shape index (κ3) is 2.98. The van der Waals surface area contributed by atoms with Crippen molar-refractivity contribution in [2.45, 2.75) is 26.3 Å². The minimum absolute atomic E-state index is 0.0684. The van der Waals surface area contributed by atoms with Gasteiger partial charge in [-0.1, -0.05) is 13.8 Å². The Labute approximate surface area is 136 Å². The molecule has 3 rings (SSSR count). The number of hydrogen-bond acceptors (Lipinski definition) is 5. The van der Waals surface area contributed by atoms with E-state index in [2.05, 4.69) is 4.90 Å². The molecule has 0 radical (unpaired) electrons.